The molecule has 0 saturated heterocycles. The second-order valence-corrected chi connectivity index (χ2v) is 6.25. The lowest BCUT2D eigenvalue weighted by Crippen LogP contribution is -2.19. The molecule has 164 valence electrons. The number of terminal acetylenes is 1. The van der Waals surface area contributed by atoms with Crippen LogP contribution >= 0.6 is 0 Å². The molecule has 0 spiro atoms. The molecule has 0 radical (unpaired) electrons. The van der Waals surface area contributed by atoms with Gasteiger partial charge in [0.15, 0.2) is 5.76 Å². The third-order valence-corrected chi connectivity index (χ3v) is 3.71. The predicted molar refractivity (Wildman–Crippen MR) is 104 cm³/mol. The van der Waals surface area contributed by atoms with E-state index in [1.54, 1.807) is 6.07 Å². The van der Waals surface area contributed by atoms with Crippen LogP contribution in [0.5, 0.6) is 5.88 Å². The van der Waals surface area contributed by atoms with Crippen molar-refractivity contribution >= 4 is 5.97 Å². The number of carbonyl (C=O) groups is 1. The van der Waals surface area contributed by atoms with Crippen LogP contribution in [0.25, 0.3) is 0 Å². The molecule has 1 unspecified atom stereocenters. The molecule has 9 nitrogen and oxygen atoms in total. The zero-order valence-corrected chi connectivity index (χ0v) is 17.4. The Morgan fingerprint density at radius 2 is 1.59 bits per heavy atom. The molecular formula is C20H31NO8. The van der Waals surface area contributed by atoms with Crippen LogP contribution in [0.15, 0.2) is 10.6 Å². The Morgan fingerprint density at radius 3 is 2.10 bits per heavy atom. The predicted octanol–water partition coefficient (Wildman–Crippen LogP) is 1.67. The molecule has 0 aromatic carbocycles. The Labute approximate surface area is 171 Å². The Hall–Kier alpha value is -2.12. The van der Waals surface area contributed by atoms with Crippen LogP contribution in [0.2, 0.25) is 0 Å². The summed E-state index contributed by atoms with van der Waals surface area (Å²) in [7, 11) is 1.34. The number of ether oxygens (including phenoxy) is 6. The van der Waals surface area contributed by atoms with E-state index in [1.165, 1.54) is 7.11 Å². The molecule has 1 rings (SSSR count). The molecular weight excluding hydrogens is 382 g/mol. The average Bonchev–Trinajstić information content (AvgIpc) is 3.16. The summed E-state index contributed by atoms with van der Waals surface area (Å²) in [6.07, 6.45) is 5.06. The van der Waals surface area contributed by atoms with Crippen LogP contribution in [-0.2, 0) is 28.5 Å². The third-order valence-electron chi connectivity index (χ3n) is 3.71. The second-order valence-electron chi connectivity index (χ2n) is 6.25. The smallest absolute Gasteiger partial charge is 0.316 e. The Kier molecular flexibility index (Phi) is 13.5. The Balaban J connectivity index is 2.04. The number of esters is 1. The minimum absolute atomic E-state index is 0.0128. The summed E-state index contributed by atoms with van der Waals surface area (Å²) < 4.78 is 36.7. The minimum atomic E-state index is -0.516. The first kappa shape index (κ1) is 24.9. The van der Waals surface area contributed by atoms with Gasteiger partial charge in [0.1, 0.15) is 19.1 Å². The van der Waals surface area contributed by atoms with Gasteiger partial charge in [-0.15, -0.1) is 6.42 Å². The SMILES string of the molecule is C#CCOCCOCCOCCOCCOc1cc(C(C(=O)OC)C(C)C)on1. The van der Waals surface area contributed by atoms with Gasteiger partial charge < -0.3 is 32.9 Å². The van der Waals surface area contributed by atoms with Crippen molar-refractivity contribution in [1.29, 1.82) is 0 Å². The first-order valence-corrected chi connectivity index (χ1v) is 9.51. The maximum Gasteiger partial charge on any atom is 0.316 e. The summed E-state index contributed by atoms with van der Waals surface area (Å²) in [5.74, 6) is 2.23. The van der Waals surface area contributed by atoms with Gasteiger partial charge in [-0.2, -0.15) is 0 Å². The van der Waals surface area contributed by atoms with Crippen LogP contribution in [-0.4, -0.2) is 77.7 Å². The number of aromatic nitrogens is 1. The van der Waals surface area contributed by atoms with Crippen molar-refractivity contribution in [2.45, 2.75) is 19.8 Å². The molecule has 0 aliphatic carbocycles. The first-order valence-electron chi connectivity index (χ1n) is 9.51. The molecule has 0 aliphatic rings. The average molecular weight is 413 g/mol. The van der Waals surface area contributed by atoms with Gasteiger partial charge in [-0.1, -0.05) is 19.8 Å². The Bertz CT molecular complexity index is 596. The molecule has 0 aliphatic heterocycles. The summed E-state index contributed by atoms with van der Waals surface area (Å²) >= 11 is 0. The fourth-order valence-corrected chi connectivity index (χ4v) is 2.33. The van der Waals surface area contributed by atoms with E-state index in [4.69, 9.17) is 39.4 Å². The molecule has 29 heavy (non-hydrogen) atoms. The van der Waals surface area contributed by atoms with E-state index in [0.717, 1.165) is 0 Å². The van der Waals surface area contributed by atoms with E-state index in [1.807, 2.05) is 13.8 Å². The van der Waals surface area contributed by atoms with Crippen LogP contribution < -0.4 is 4.74 Å². The zero-order valence-electron chi connectivity index (χ0n) is 17.4. The maximum absolute atomic E-state index is 11.9. The number of rotatable bonds is 17. The van der Waals surface area contributed by atoms with E-state index in [0.29, 0.717) is 71.1 Å². The monoisotopic (exact) mass is 413 g/mol. The number of methoxy groups -OCH3 is 1. The summed E-state index contributed by atoms with van der Waals surface area (Å²) in [4.78, 5) is 11.9. The number of nitrogens with zero attached hydrogens (tertiary/aromatic N) is 1. The van der Waals surface area contributed by atoms with Crippen LogP contribution in [0.4, 0.5) is 0 Å². The van der Waals surface area contributed by atoms with Crippen molar-refractivity contribution in [3.05, 3.63) is 11.8 Å². The summed E-state index contributed by atoms with van der Waals surface area (Å²) in [5.41, 5.74) is 0. The molecule has 0 amide bonds. The molecule has 1 aromatic heterocycles. The van der Waals surface area contributed by atoms with Crippen molar-refractivity contribution in [3.8, 4) is 18.2 Å². The van der Waals surface area contributed by atoms with Gasteiger partial charge in [-0.25, -0.2) is 0 Å². The standard InChI is InChI=1S/C20H31NO8/c1-5-6-24-7-8-25-9-10-26-11-12-27-13-14-28-18-15-17(29-21-18)19(16(2)3)20(22)23-4/h1,15-16,19H,6-14H2,2-4H3. The molecule has 0 bridgehead atoms. The van der Waals surface area contributed by atoms with Crippen molar-refractivity contribution in [2.24, 2.45) is 5.92 Å². The topological polar surface area (TPSA) is 98.5 Å². The third kappa shape index (κ3) is 10.9. The number of hydrogen-bond acceptors (Lipinski definition) is 9. The Morgan fingerprint density at radius 1 is 1.03 bits per heavy atom. The lowest BCUT2D eigenvalue weighted by molar-refractivity contribution is -0.144. The highest BCUT2D eigenvalue weighted by Crippen LogP contribution is 2.28. The van der Waals surface area contributed by atoms with Gasteiger partial charge in [0.05, 0.1) is 53.4 Å². The molecule has 1 atom stereocenters. The van der Waals surface area contributed by atoms with E-state index in [9.17, 15) is 4.79 Å². The van der Waals surface area contributed by atoms with Gasteiger partial charge in [0, 0.05) is 6.07 Å². The first-order chi connectivity index (χ1) is 14.1. The van der Waals surface area contributed by atoms with Crippen molar-refractivity contribution in [3.63, 3.8) is 0 Å². The molecule has 0 fully saturated rings. The second kappa shape index (κ2) is 15.8. The van der Waals surface area contributed by atoms with Gasteiger partial charge in [0.2, 0.25) is 0 Å². The van der Waals surface area contributed by atoms with Crippen molar-refractivity contribution < 1.29 is 37.7 Å². The van der Waals surface area contributed by atoms with Gasteiger partial charge >= 0.3 is 5.97 Å². The van der Waals surface area contributed by atoms with Crippen molar-refractivity contribution in [1.82, 2.24) is 5.16 Å². The van der Waals surface area contributed by atoms with E-state index in [2.05, 4.69) is 11.1 Å². The van der Waals surface area contributed by atoms with E-state index >= 15 is 0 Å². The summed E-state index contributed by atoms with van der Waals surface area (Å²) in [6.45, 7) is 7.61. The summed E-state index contributed by atoms with van der Waals surface area (Å²) in [5, 5.41) is 3.82. The molecule has 1 heterocycles. The lowest BCUT2D eigenvalue weighted by atomic mass is 9.93. The van der Waals surface area contributed by atoms with Crippen LogP contribution in [0.3, 0.4) is 0 Å². The highest BCUT2D eigenvalue weighted by Gasteiger charge is 2.29. The number of carbonyl (C=O) groups excluding carboxylic acids is 1. The summed E-state index contributed by atoms with van der Waals surface area (Å²) in [6, 6.07) is 1.60. The highest BCUT2D eigenvalue weighted by atomic mass is 16.6. The quantitative estimate of drug-likeness (QED) is 0.214. The van der Waals surface area contributed by atoms with E-state index < -0.39 is 5.92 Å². The molecule has 1 aromatic rings. The normalized spacial score (nSPS) is 12.0. The highest BCUT2D eigenvalue weighted by molar-refractivity contribution is 5.77. The van der Waals surface area contributed by atoms with Crippen LogP contribution in [0, 0.1) is 18.3 Å². The maximum atomic E-state index is 11.9. The van der Waals surface area contributed by atoms with Crippen molar-refractivity contribution in [2.75, 3.05) is 66.6 Å². The molecule has 0 N–H and O–H groups in total. The minimum Gasteiger partial charge on any atom is -0.473 e. The molecule has 9 heteroatoms. The van der Waals surface area contributed by atoms with Gasteiger partial charge in [-0.05, 0) is 11.1 Å². The fourth-order valence-electron chi connectivity index (χ4n) is 2.33. The van der Waals surface area contributed by atoms with Gasteiger partial charge in [-0.3, -0.25) is 4.79 Å². The lowest BCUT2D eigenvalue weighted by Gasteiger charge is -2.14. The number of hydrogen-bond donors (Lipinski definition) is 0. The van der Waals surface area contributed by atoms with E-state index in [-0.39, 0.29) is 11.9 Å². The fraction of sp³-hybridized carbons (Fsp3) is 0.700. The largest absolute Gasteiger partial charge is 0.473 e. The zero-order chi connectivity index (χ0) is 21.3. The van der Waals surface area contributed by atoms with Gasteiger partial charge in [0.25, 0.3) is 5.88 Å². The van der Waals surface area contributed by atoms with Crippen LogP contribution in [0.1, 0.15) is 25.5 Å². The molecule has 0 saturated carbocycles.